The lowest BCUT2D eigenvalue weighted by Gasteiger charge is -2.26. The van der Waals surface area contributed by atoms with Crippen LogP contribution in [0.15, 0.2) is 30.5 Å². The molecule has 1 amide bonds. The molecular formula is C17H19N3O3S. The molecule has 2 atom stereocenters. The number of nitrogens with zero attached hydrogens (tertiary/aromatic N) is 1. The Kier molecular flexibility index (Phi) is 5.67. The number of amides is 1. The number of hydrogen-bond donors (Lipinski definition) is 3. The predicted octanol–water partition coefficient (Wildman–Crippen LogP) is 1.07. The third-order valence-electron chi connectivity index (χ3n) is 3.23. The van der Waals surface area contributed by atoms with E-state index in [1.165, 1.54) is 18.7 Å². The van der Waals surface area contributed by atoms with Crippen molar-refractivity contribution in [1.82, 2.24) is 10.3 Å². The summed E-state index contributed by atoms with van der Waals surface area (Å²) in [6, 6.07) is 7.12. The number of thioether (sulfide) groups is 1. The number of nitrogens with two attached hydrogens (primary N) is 1. The van der Waals surface area contributed by atoms with E-state index in [0.717, 1.165) is 10.9 Å². The number of carbonyl (C=O) groups is 1. The number of fused-ring (bicyclic) bond motifs is 1. The van der Waals surface area contributed by atoms with Crippen molar-refractivity contribution in [3.05, 3.63) is 36.0 Å². The van der Waals surface area contributed by atoms with Gasteiger partial charge in [0.1, 0.15) is 11.4 Å². The molecule has 7 heteroatoms. The summed E-state index contributed by atoms with van der Waals surface area (Å²) in [5.41, 5.74) is 5.17. The van der Waals surface area contributed by atoms with Gasteiger partial charge in [0.25, 0.3) is 5.91 Å². The first-order valence-electron chi connectivity index (χ1n) is 7.16. The molecule has 6 nitrogen and oxygen atoms in total. The lowest BCUT2D eigenvalue weighted by atomic mass is 10.1. The molecule has 2 unspecified atom stereocenters. The lowest BCUT2D eigenvalue weighted by Crippen LogP contribution is -2.58. The van der Waals surface area contributed by atoms with E-state index in [0.29, 0.717) is 11.3 Å². The maximum absolute atomic E-state index is 12.2. The van der Waals surface area contributed by atoms with Crippen LogP contribution < -0.4 is 15.8 Å². The second-order valence-electron chi connectivity index (χ2n) is 5.47. The highest BCUT2D eigenvalue weighted by Crippen LogP contribution is 2.23. The van der Waals surface area contributed by atoms with Crippen molar-refractivity contribution in [2.45, 2.75) is 18.0 Å². The second kappa shape index (κ2) is 7.53. The van der Waals surface area contributed by atoms with Crippen LogP contribution in [0.3, 0.4) is 0 Å². The Morgan fingerprint density at radius 3 is 2.96 bits per heavy atom. The van der Waals surface area contributed by atoms with E-state index >= 15 is 0 Å². The summed E-state index contributed by atoms with van der Waals surface area (Å²) in [6.45, 7) is 1.14. The van der Waals surface area contributed by atoms with E-state index in [9.17, 15) is 4.79 Å². The highest BCUT2D eigenvalue weighted by molar-refractivity contribution is 7.99. The van der Waals surface area contributed by atoms with E-state index in [2.05, 4.69) is 16.2 Å². The van der Waals surface area contributed by atoms with Crippen molar-refractivity contribution in [3.63, 3.8) is 0 Å². The number of pyridine rings is 1. The molecule has 0 aliphatic carbocycles. The Balaban J connectivity index is 2.20. The molecule has 4 N–H and O–H groups in total. The van der Waals surface area contributed by atoms with E-state index < -0.39 is 17.0 Å². The molecule has 0 spiro atoms. The lowest BCUT2D eigenvalue weighted by molar-refractivity contribution is -0.126. The molecule has 0 aliphatic rings. The molecule has 2 aromatic rings. The van der Waals surface area contributed by atoms with Gasteiger partial charge < -0.3 is 20.9 Å². The Labute approximate surface area is 144 Å². The number of aliphatic hydroxyl groups excluding tert-OH is 1. The maximum atomic E-state index is 12.2. The molecule has 2 rings (SSSR count). The largest absolute Gasteiger partial charge is 0.470 e. The van der Waals surface area contributed by atoms with Gasteiger partial charge in [-0.3, -0.25) is 9.78 Å². The number of hydrogen-bond acceptors (Lipinski definition) is 6. The summed E-state index contributed by atoms with van der Waals surface area (Å²) in [4.78, 5) is 16.5. The fourth-order valence-electron chi connectivity index (χ4n) is 1.97. The third-order valence-corrected chi connectivity index (χ3v) is 3.97. The quantitative estimate of drug-likeness (QED) is 0.535. The zero-order chi connectivity index (χ0) is 17.7. The van der Waals surface area contributed by atoms with Crippen molar-refractivity contribution in [1.29, 1.82) is 0 Å². The fraction of sp³-hybridized carbons (Fsp3) is 0.294. The van der Waals surface area contributed by atoms with E-state index in [-0.39, 0.29) is 6.61 Å². The van der Waals surface area contributed by atoms with Crippen LogP contribution in [0.1, 0.15) is 12.5 Å². The first kappa shape index (κ1) is 18.1. The summed E-state index contributed by atoms with van der Waals surface area (Å²) in [5.74, 6) is 2.62. The number of aliphatic hydroxyl groups is 1. The van der Waals surface area contributed by atoms with Crippen LogP contribution in [-0.4, -0.2) is 40.0 Å². The normalized spacial score (nSPS) is 14.5. The van der Waals surface area contributed by atoms with Gasteiger partial charge in [-0.1, -0.05) is 5.92 Å². The van der Waals surface area contributed by atoms with Crippen molar-refractivity contribution >= 4 is 28.6 Å². The molecule has 1 heterocycles. The molecule has 1 aromatic heterocycles. The Bertz CT molecular complexity index is 786. The van der Waals surface area contributed by atoms with Gasteiger partial charge in [0.05, 0.1) is 12.1 Å². The fourth-order valence-corrected chi connectivity index (χ4v) is 2.45. The number of ether oxygens (including phenoxy) is 1. The van der Waals surface area contributed by atoms with Crippen LogP contribution in [0.5, 0.6) is 5.75 Å². The zero-order valence-electron chi connectivity index (χ0n) is 13.4. The SMILES string of the molecule is C#Cc1cnc2ccc(OC(SC)C(=O)NC(C)(N)CO)cc2c1. The molecule has 0 bridgehead atoms. The van der Waals surface area contributed by atoms with Crippen molar-refractivity contribution < 1.29 is 14.6 Å². The van der Waals surface area contributed by atoms with Crippen molar-refractivity contribution in [2.24, 2.45) is 5.73 Å². The minimum absolute atomic E-state index is 0.379. The number of nitrogens with one attached hydrogen (secondary N) is 1. The van der Waals surface area contributed by atoms with Gasteiger partial charge in [0.2, 0.25) is 5.44 Å². The summed E-state index contributed by atoms with van der Waals surface area (Å²) in [7, 11) is 0. The third kappa shape index (κ3) is 4.38. The molecule has 0 saturated heterocycles. The smallest absolute Gasteiger partial charge is 0.273 e. The molecular weight excluding hydrogens is 326 g/mol. The van der Waals surface area contributed by atoms with Crippen LogP contribution in [0.25, 0.3) is 10.9 Å². The molecule has 126 valence electrons. The average molecular weight is 345 g/mol. The van der Waals surface area contributed by atoms with E-state index in [1.807, 2.05) is 6.07 Å². The number of aromatic nitrogens is 1. The van der Waals surface area contributed by atoms with Gasteiger partial charge in [-0.2, -0.15) is 0 Å². The Morgan fingerprint density at radius 2 is 2.33 bits per heavy atom. The summed E-state index contributed by atoms with van der Waals surface area (Å²) in [5, 5.41) is 12.5. The second-order valence-corrected chi connectivity index (χ2v) is 6.37. The Morgan fingerprint density at radius 1 is 1.58 bits per heavy atom. The summed E-state index contributed by atoms with van der Waals surface area (Å²) in [6.07, 6.45) is 8.75. The standard InChI is InChI=1S/C17H19N3O3S/c1-4-11-7-12-8-13(5-6-14(12)19-9-11)23-16(24-3)15(22)20-17(2,18)10-21/h1,5-9,16,21H,10,18H2,2-3H3,(H,20,22). The maximum Gasteiger partial charge on any atom is 0.273 e. The van der Waals surface area contributed by atoms with E-state index in [1.54, 1.807) is 30.7 Å². The summed E-state index contributed by atoms with van der Waals surface area (Å²) < 4.78 is 5.73. The number of rotatable bonds is 6. The Hall–Kier alpha value is -2.27. The van der Waals surface area contributed by atoms with Crippen molar-refractivity contribution in [3.8, 4) is 18.1 Å². The summed E-state index contributed by atoms with van der Waals surface area (Å²) >= 11 is 1.22. The van der Waals surface area contributed by atoms with Gasteiger partial charge in [-0.05, 0) is 37.4 Å². The monoisotopic (exact) mass is 345 g/mol. The van der Waals surface area contributed by atoms with Crippen LogP contribution in [0.4, 0.5) is 0 Å². The predicted molar refractivity (Wildman–Crippen MR) is 95.4 cm³/mol. The van der Waals surface area contributed by atoms with Crippen LogP contribution in [0.2, 0.25) is 0 Å². The number of terminal acetylenes is 1. The molecule has 0 radical (unpaired) electrons. The topological polar surface area (TPSA) is 97.5 Å². The minimum Gasteiger partial charge on any atom is -0.470 e. The van der Waals surface area contributed by atoms with Gasteiger partial charge in [0, 0.05) is 17.1 Å². The first-order chi connectivity index (χ1) is 11.4. The number of carbonyl (C=O) groups excluding carboxylic acids is 1. The molecule has 0 aliphatic heterocycles. The molecule has 24 heavy (non-hydrogen) atoms. The molecule has 1 aromatic carbocycles. The highest BCUT2D eigenvalue weighted by atomic mass is 32.2. The van der Waals surface area contributed by atoms with Crippen molar-refractivity contribution in [2.75, 3.05) is 12.9 Å². The first-order valence-corrected chi connectivity index (χ1v) is 8.45. The van der Waals surface area contributed by atoms with Crippen LogP contribution in [0, 0.1) is 12.3 Å². The molecule has 0 saturated carbocycles. The highest BCUT2D eigenvalue weighted by Gasteiger charge is 2.26. The van der Waals surface area contributed by atoms with Crippen LogP contribution in [-0.2, 0) is 4.79 Å². The van der Waals surface area contributed by atoms with Gasteiger partial charge in [-0.15, -0.1) is 18.2 Å². The minimum atomic E-state index is -1.20. The van der Waals surface area contributed by atoms with Crippen LogP contribution >= 0.6 is 11.8 Å². The number of benzene rings is 1. The van der Waals surface area contributed by atoms with Gasteiger partial charge in [0.15, 0.2) is 0 Å². The average Bonchev–Trinajstić information content (AvgIpc) is 2.58. The molecule has 0 fully saturated rings. The van der Waals surface area contributed by atoms with E-state index in [4.69, 9.17) is 22.0 Å². The van der Waals surface area contributed by atoms with Gasteiger partial charge >= 0.3 is 0 Å². The zero-order valence-corrected chi connectivity index (χ0v) is 14.3. The van der Waals surface area contributed by atoms with Gasteiger partial charge in [-0.25, -0.2) is 0 Å².